The lowest BCUT2D eigenvalue weighted by molar-refractivity contribution is 0.0658. The van der Waals surface area contributed by atoms with Crippen LogP contribution in [0.15, 0.2) is 22.6 Å². The monoisotopic (exact) mass is 305 g/mol. The van der Waals surface area contributed by atoms with Crippen LogP contribution in [0, 0.1) is 5.82 Å². The summed E-state index contributed by atoms with van der Waals surface area (Å²) in [4.78, 5) is 13.8. The minimum atomic E-state index is -1.10. The number of piperidine rings is 1. The number of carbonyl (C=O) groups is 1. The Hall–Kier alpha value is -1.88. The van der Waals surface area contributed by atoms with E-state index in [4.69, 9.17) is 4.42 Å². The lowest BCUT2D eigenvalue weighted by Crippen LogP contribution is -2.38. The minimum absolute atomic E-state index is 0.0685. The molecule has 22 heavy (non-hydrogen) atoms. The van der Waals surface area contributed by atoms with Crippen LogP contribution in [-0.4, -0.2) is 28.6 Å². The van der Waals surface area contributed by atoms with Crippen molar-refractivity contribution in [2.24, 2.45) is 0 Å². The molecular weight excluding hydrogens is 285 g/mol. The number of furan rings is 1. The van der Waals surface area contributed by atoms with Crippen LogP contribution in [0.4, 0.5) is 4.39 Å². The highest BCUT2D eigenvalue weighted by Crippen LogP contribution is 2.30. The molecular formula is C17H20FNO3. The smallest absolute Gasteiger partial charge is 0.372 e. The molecule has 1 aromatic heterocycles. The molecule has 1 aromatic carbocycles. The summed E-state index contributed by atoms with van der Waals surface area (Å²) in [5.74, 6) is -1.55. The summed E-state index contributed by atoms with van der Waals surface area (Å²) < 4.78 is 19.0. The molecule has 0 radical (unpaired) electrons. The van der Waals surface area contributed by atoms with Crippen molar-refractivity contribution in [3.8, 4) is 0 Å². The van der Waals surface area contributed by atoms with Crippen LogP contribution >= 0.6 is 0 Å². The molecule has 0 aliphatic carbocycles. The van der Waals surface area contributed by atoms with Gasteiger partial charge in [-0.2, -0.15) is 0 Å². The zero-order valence-electron chi connectivity index (χ0n) is 12.6. The summed E-state index contributed by atoms with van der Waals surface area (Å²) in [5, 5.41) is 9.95. The molecule has 0 bridgehead atoms. The lowest BCUT2D eigenvalue weighted by Gasteiger charge is -2.35. The van der Waals surface area contributed by atoms with Gasteiger partial charge in [-0.05, 0) is 44.0 Å². The Bertz CT molecular complexity index is 695. The van der Waals surface area contributed by atoms with Crippen LogP contribution in [0.5, 0.6) is 0 Å². The van der Waals surface area contributed by atoms with Crippen molar-refractivity contribution in [2.75, 3.05) is 6.54 Å². The molecule has 0 saturated carbocycles. The van der Waals surface area contributed by atoms with E-state index in [9.17, 15) is 14.3 Å². The average Bonchev–Trinajstić information content (AvgIpc) is 2.86. The Morgan fingerprint density at radius 3 is 3.00 bits per heavy atom. The molecule has 2 heterocycles. The Morgan fingerprint density at radius 2 is 2.27 bits per heavy atom. The predicted octanol–water partition coefficient (Wildman–Crippen LogP) is 4.03. The van der Waals surface area contributed by atoms with Gasteiger partial charge in [-0.25, -0.2) is 9.18 Å². The summed E-state index contributed by atoms with van der Waals surface area (Å²) in [6.07, 6.45) is 4.49. The number of hydrogen-bond acceptors (Lipinski definition) is 3. The van der Waals surface area contributed by atoms with Crippen LogP contribution < -0.4 is 0 Å². The highest BCUT2D eigenvalue weighted by molar-refractivity contribution is 5.95. The third kappa shape index (κ3) is 2.73. The second kappa shape index (κ2) is 6.08. The number of benzene rings is 1. The second-order valence-electron chi connectivity index (χ2n) is 5.88. The van der Waals surface area contributed by atoms with Gasteiger partial charge >= 0.3 is 5.97 Å². The summed E-state index contributed by atoms with van der Waals surface area (Å²) in [6.45, 7) is 3.59. The van der Waals surface area contributed by atoms with Crippen LogP contribution in [0.3, 0.4) is 0 Å². The number of likely N-dealkylation sites (tertiary alicyclic amines) is 1. The van der Waals surface area contributed by atoms with Gasteiger partial charge in [-0.15, -0.1) is 0 Å². The number of carboxylic acids is 1. The minimum Gasteiger partial charge on any atom is -0.475 e. The summed E-state index contributed by atoms with van der Waals surface area (Å²) in [6, 6.07) is 4.60. The van der Waals surface area contributed by atoms with E-state index in [-0.39, 0.29) is 11.6 Å². The first-order valence-electron chi connectivity index (χ1n) is 7.78. The maximum atomic E-state index is 13.5. The van der Waals surface area contributed by atoms with E-state index >= 15 is 0 Å². The van der Waals surface area contributed by atoms with Gasteiger partial charge in [0.05, 0.1) is 0 Å². The van der Waals surface area contributed by atoms with E-state index in [0.717, 1.165) is 25.8 Å². The first kappa shape index (κ1) is 15.0. The highest BCUT2D eigenvalue weighted by atomic mass is 19.1. The van der Waals surface area contributed by atoms with Crippen LogP contribution in [0.1, 0.15) is 48.7 Å². The number of halogens is 1. The SMILES string of the molecule is CCC1CCCCN1Cc1c(C(=O)O)oc2ccc(F)cc12. The van der Waals surface area contributed by atoms with Gasteiger partial charge in [0.15, 0.2) is 0 Å². The predicted molar refractivity (Wildman–Crippen MR) is 81.5 cm³/mol. The Morgan fingerprint density at radius 1 is 1.45 bits per heavy atom. The van der Waals surface area contributed by atoms with Crippen molar-refractivity contribution in [3.63, 3.8) is 0 Å². The molecule has 1 unspecified atom stereocenters. The molecule has 1 N–H and O–H groups in total. The highest BCUT2D eigenvalue weighted by Gasteiger charge is 2.26. The van der Waals surface area contributed by atoms with Crippen LogP contribution in [0.2, 0.25) is 0 Å². The number of carboxylic acid groups (broad SMARTS) is 1. The molecule has 1 atom stereocenters. The Kier molecular flexibility index (Phi) is 4.16. The normalized spacial score (nSPS) is 19.6. The number of nitrogens with zero attached hydrogens (tertiary/aromatic N) is 1. The number of rotatable bonds is 4. The molecule has 4 nitrogen and oxygen atoms in total. The number of fused-ring (bicyclic) bond motifs is 1. The van der Waals surface area contributed by atoms with Gasteiger partial charge in [-0.1, -0.05) is 13.3 Å². The van der Waals surface area contributed by atoms with Crippen molar-refractivity contribution < 1.29 is 18.7 Å². The average molecular weight is 305 g/mol. The fourth-order valence-corrected chi connectivity index (χ4v) is 3.38. The van der Waals surface area contributed by atoms with E-state index in [0.29, 0.717) is 29.1 Å². The third-order valence-corrected chi connectivity index (χ3v) is 4.53. The van der Waals surface area contributed by atoms with Crippen molar-refractivity contribution >= 4 is 16.9 Å². The third-order valence-electron chi connectivity index (χ3n) is 4.53. The standard InChI is InChI=1S/C17H20FNO3/c1-2-12-5-3-4-8-19(12)10-14-13-9-11(18)6-7-15(13)22-16(14)17(20)21/h6-7,9,12H,2-5,8,10H2,1H3,(H,20,21). The first-order valence-corrected chi connectivity index (χ1v) is 7.78. The van der Waals surface area contributed by atoms with E-state index in [1.165, 1.54) is 24.6 Å². The van der Waals surface area contributed by atoms with Gasteiger partial charge < -0.3 is 9.52 Å². The molecule has 5 heteroatoms. The van der Waals surface area contributed by atoms with Crippen molar-refractivity contribution in [3.05, 3.63) is 35.3 Å². The Labute approximate surface area is 128 Å². The maximum absolute atomic E-state index is 13.5. The largest absolute Gasteiger partial charge is 0.475 e. The van der Waals surface area contributed by atoms with E-state index in [1.54, 1.807) is 0 Å². The molecule has 1 fully saturated rings. The summed E-state index contributed by atoms with van der Waals surface area (Å²) in [7, 11) is 0. The topological polar surface area (TPSA) is 53.7 Å². The molecule has 2 aromatic rings. The molecule has 3 rings (SSSR count). The Balaban J connectivity index is 2.02. The van der Waals surface area contributed by atoms with Gasteiger partial charge in [0, 0.05) is 23.5 Å². The maximum Gasteiger partial charge on any atom is 0.372 e. The fourth-order valence-electron chi connectivity index (χ4n) is 3.38. The van der Waals surface area contributed by atoms with Gasteiger partial charge in [-0.3, -0.25) is 4.90 Å². The number of hydrogen-bond donors (Lipinski definition) is 1. The van der Waals surface area contributed by atoms with Crippen molar-refractivity contribution in [2.45, 2.75) is 45.2 Å². The molecule has 1 aliphatic rings. The molecule has 1 aliphatic heterocycles. The van der Waals surface area contributed by atoms with Crippen LogP contribution in [0.25, 0.3) is 11.0 Å². The van der Waals surface area contributed by atoms with Gasteiger partial charge in [0.25, 0.3) is 0 Å². The molecule has 1 saturated heterocycles. The van der Waals surface area contributed by atoms with Crippen LogP contribution in [-0.2, 0) is 6.54 Å². The quantitative estimate of drug-likeness (QED) is 0.926. The number of aromatic carboxylic acids is 1. The van der Waals surface area contributed by atoms with Crippen molar-refractivity contribution in [1.82, 2.24) is 4.90 Å². The van der Waals surface area contributed by atoms with E-state index in [2.05, 4.69) is 11.8 Å². The second-order valence-corrected chi connectivity index (χ2v) is 5.88. The lowest BCUT2D eigenvalue weighted by atomic mass is 9.98. The molecule has 0 amide bonds. The summed E-state index contributed by atoms with van der Waals surface area (Å²) in [5.41, 5.74) is 1.02. The van der Waals surface area contributed by atoms with Gasteiger partial charge in [0.2, 0.25) is 5.76 Å². The van der Waals surface area contributed by atoms with E-state index in [1.807, 2.05) is 0 Å². The van der Waals surface area contributed by atoms with Gasteiger partial charge in [0.1, 0.15) is 11.4 Å². The summed E-state index contributed by atoms with van der Waals surface area (Å²) >= 11 is 0. The van der Waals surface area contributed by atoms with E-state index < -0.39 is 5.97 Å². The zero-order chi connectivity index (χ0) is 15.7. The zero-order valence-corrected chi connectivity index (χ0v) is 12.6. The molecule has 118 valence electrons. The fraction of sp³-hybridized carbons (Fsp3) is 0.471. The van der Waals surface area contributed by atoms with Crippen molar-refractivity contribution in [1.29, 1.82) is 0 Å². The molecule has 0 spiro atoms. The first-order chi connectivity index (χ1) is 10.6.